The van der Waals surface area contributed by atoms with Crippen LogP contribution >= 0.6 is 0 Å². The number of hydrogen-bond acceptors (Lipinski definition) is 7. The minimum atomic E-state index is -2.92. The van der Waals surface area contributed by atoms with E-state index in [9.17, 15) is 18.7 Å². The van der Waals surface area contributed by atoms with E-state index < -0.39 is 6.61 Å². The van der Waals surface area contributed by atoms with Crippen LogP contribution in [0.5, 0.6) is 5.75 Å². The van der Waals surface area contributed by atoms with E-state index in [-0.39, 0.29) is 29.9 Å². The number of rotatable bonds is 7. The van der Waals surface area contributed by atoms with Crippen LogP contribution in [0.1, 0.15) is 36.3 Å². The second-order valence-electron chi connectivity index (χ2n) is 7.27. The van der Waals surface area contributed by atoms with Crippen molar-refractivity contribution in [2.75, 3.05) is 5.32 Å². The first-order valence-corrected chi connectivity index (χ1v) is 9.84. The van der Waals surface area contributed by atoms with Gasteiger partial charge in [0.05, 0.1) is 30.9 Å². The monoisotopic (exact) mass is 429 g/mol. The maximum absolute atomic E-state index is 12.9. The molecule has 2 atom stereocenters. The van der Waals surface area contributed by atoms with Crippen molar-refractivity contribution in [3.63, 3.8) is 0 Å². The highest BCUT2D eigenvalue weighted by Gasteiger charge is 2.29. The van der Waals surface area contributed by atoms with Crippen LogP contribution in [0.25, 0.3) is 5.69 Å². The van der Waals surface area contributed by atoms with Crippen molar-refractivity contribution >= 4 is 5.95 Å². The lowest BCUT2D eigenvalue weighted by atomic mass is 9.94. The van der Waals surface area contributed by atoms with E-state index in [0.29, 0.717) is 17.2 Å². The number of halogens is 2. The third kappa shape index (κ3) is 4.69. The van der Waals surface area contributed by atoms with E-state index >= 15 is 0 Å². The fourth-order valence-corrected chi connectivity index (χ4v) is 3.97. The highest BCUT2D eigenvalue weighted by Crippen LogP contribution is 2.36. The van der Waals surface area contributed by atoms with Gasteiger partial charge in [0.15, 0.2) is 5.75 Å². The minimum Gasteiger partial charge on any atom is -0.432 e. The van der Waals surface area contributed by atoms with Crippen LogP contribution in [0.3, 0.4) is 0 Å². The highest BCUT2D eigenvalue weighted by atomic mass is 19.3. The Kier molecular flexibility index (Phi) is 6.17. The molecule has 162 valence electrons. The van der Waals surface area contributed by atoms with Crippen molar-refractivity contribution < 1.29 is 18.6 Å². The normalized spacial score (nSPS) is 18.3. The molecular formula is C21H21F2N5O3. The van der Waals surface area contributed by atoms with Crippen molar-refractivity contribution in [1.82, 2.24) is 19.5 Å². The van der Waals surface area contributed by atoms with Gasteiger partial charge in [-0.15, -0.1) is 0 Å². The molecule has 0 radical (unpaired) electrons. The average molecular weight is 429 g/mol. The Labute approximate surface area is 176 Å². The lowest BCUT2D eigenvalue weighted by Crippen LogP contribution is -2.25. The third-order valence-electron chi connectivity index (χ3n) is 5.37. The lowest BCUT2D eigenvalue weighted by molar-refractivity contribution is -0.0503. The molecule has 0 bridgehead atoms. The molecule has 3 aromatic heterocycles. The molecule has 0 spiro atoms. The Bertz CT molecular complexity index is 1080. The Balaban J connectivity index is 1.47. The standard InChI is InChI=1S/C21H21F2N5O3/c22-20(23)31-16-10-25-21(26-11-16)27-14-4-3-13(8-14)17-5-7-28(19(30)18(17)12-29)15-2-1-6-24-9-15/h1-2,5-7,9-11,13-14,20,29H,3-4,8,12H2,(H,25,26,27)/t13-,14-/m0/s1. The molecule has 3 heterocycles. The van der Waals surface area contributed by atoms with E-state index in [4.69, 9.17) is 0 Å². The zero-order valence-electron chi connectivity index (χ0n) is 16.5. The van der Waals surface area contributed by atoms with E-state index in [0.717, 1.165) is 24.8 Å². The number of ether oxygens (including phenoxy) is 1. The molecule has 1 aliphatic rings. The van der Waals surface area contributed by atoms with Gasteiger partial charge >= 0.3 is 6.61 Å². The Morgan fingerprint density at radius 2 is 2.03 bits per heavy atom. The maximum Gasteiger partial charge on any atom is 0.387 e. The number of aromatic nitrogens is 4. The fraction of sp³-hybridized carbons (Fsp3) is 0.333. The van der Waals surface area contributed by atoms with Gasteiger partial charge in [0.25, 0.3) is 5.56 Å². The van der Waals surface area contributed by atoms with Gasteiger partial charge in [0.2, 0.25) is 5.95 Å². The van der Waals surface area contributed by atoms with Gasteiger partial charge in [-0.2, -0.15) is 8.78 Å². The van der Waals surface area contributed by atoms with Crippen LogP contribution in [0.4, 0.5) is 14.7 Å². The molecule has 0 amide bonds. The predicted molar refractivity (Wildman–Crippen MR) is 108 cm³/mol. The molecule has 2 N–H and O–H groups in total. The first-order chi connectivity index (χ1) is 15.0. The van der Waals surface area contributed by atoms with Gasteiger partial charge in [-0.25, -0.2) is 9.97 Å². The summed E-state index contributed by atoms with van der Waals surface area (Å²) >= 11 is 0. The molecule has 3 aromatic rings. The lowest BCUT2D eigenvalue weighted by Gasteiger charge is -2.17. The van der Waals surface area contributed by atoms with Gasteiger partial charge < -0.3 is 15.2 Å². The van der Waals surface area contributed by atoms with Gasteiger partial charge in [0, 0.05) is 24.0 Å². The Morgan fingerprint density at radius 3 is 2.71 bits per heavy atom. The molecule has 1 saturated carbocycles. The first-order valence-electron chi connectivity index (χ1n) is 9.84. The zero-order valence-corrected chi connectivity index (χ0v) is 16.5. The van der Waals surface area contributed by atoms with E-state index in [1.165, 1.54) is 17.0 Å². The molecule has 0 unspecified atom stereocenters. The molecule has 1 fully saturated rings. The number of alkyl halides is 2. The molecule has 31 heavy (non-hydrogen) atoms. The summed E-state index contributed by atoms with van der Waals surface area (Å²) in [4.78, 5) is 25.0. The van der Waals surface area contributed by atoms with Crippen molar-refractivity contribution in [2.24, 2.45) is 0 Å². The fourth-order valence-electron chi connectivity index (χ4n) is 3.97. The number of aliphatic hydroxyl groups is 1. The summed E-state index contributed by atoms with van der Waals surface area (Å²) in [5.41, 5.74) is 1.58. The summed E-state index contributed by atoms with van der Waals surface area (Å²) in [5.74, 6) is 0.311. The topological polar surface area (TPSA) is 102 Å². The summed E-state index contributed by atoms with van der Waals surface area (Å²) in [6.07, 6.45) is 9.68. The quantitative estimate of drug-likeness (QED) is 0.595. The summed E-state index contributed by atoms with van der Waals surface area (Å²) in [6, 6.07) is 5.46. The van der Waals surface area contributed by atoms with Crippen LogP contribution < -0.4 is 15.6 Å². The van der Waals surface area contributed by atoms with Gasteiger partial charge in [-0.3, -0.25) is 14.3 Å². The first kappa shape index (κ1) is 20.9. The molecule has 4 rings (SSSR count). The number of aliphatic hydroxyl groups excluding tert-OH is 1. The summed E-state index contributed by atoms with van der Waals surface area (Å²) in [6.45, 7) is -3.27. The number of hydrogen-bond donors (Lipinski definition) is 2. The molecule has 0 saturated heterocycles. The average Bonchev–Trinajstić information content (AvgIpc) is 3.23. The van der Waals surface area contributed by atoms with Crippen molar-refractivity contribution in [1.29, 1.82) is 0 Å². The van der Waals surface area contributed by atoms with Crippen LogP contribution in [-0.4, -0.2) is 37.3 Å². The second kappa shape index (κ2) is 9.17. The van der Waals surface area contributed by atoms with Crippen molar-refractivity contribution in [3.05, 3.63) is 70.7 Å². The second-order valence-corrected chi connectivity index (χ2v) is 7.27. The maximum atomic E-state index is 12.9. The van der Waals surface area contributed by atoms with E-state index in [1.54, 1.807) is 30.7 Å². The summed E-state index contributed by atoms with van der Waals surface area (Å²) in [7, 11) is 0. The van der Waals surface area contributed by atoms with Crippen molar-refractivity contribution in [3.8, 4) is 11.4 Å². The molecular weight excluding hydrogens is 408 g/mol. The number of nitrogens with zero attached hydrogens (tertiary/aromatic N) is 4. The van der Waals surface area contributed by atoms with Crippen LogP contribution in [0, 0.1) is 0 Å². The van der Waals surface area contributed by atoms with E-state index in [1.807, 2.05) is 6.07 Å². The summed E-state index contributed by atoms with van der Waals surface area (Å²) in [5, 5.41) is 13.1. The van der Waals surface area contributed by atoms with Crippen molar-refractivity contribution in [2.45, 2.75) is 44.4 Å². The van der Waals surface area contributed by atoms with Crippen LogP contribution in [0.2, 0.25) is 0 Å². The summed E-state index contributed by atoms with van der Waals surface area (Å²) < 4.78 is 30.2. The largest absolute Gasteiger partial charge is 0.432 e. The number of nitrogens with one attached hydrogen (secondary N) is 1. The predicted octanol–water partition coefficient (Wildman–Crippen LogP) is 2.86. The third-order valence-corrected chi connectivity index (χ3v) is 5.37. The Morgan fingerprint density at radius 1 is 1.23 bits per heavy atom. The van der Waals surface area contributed by atoms with Crippen LogP contribution in [-0.2, 0) is 6.61 Å². The smallest absolute Gasteiger partial charge is 0.387 e. The molecule has 10 heteroatoms. The zero-order chi connectivity index (χ0) is 21.8. The molecule has 8 nitrogen and oxygen atoms in total. The number of pyridine rings is 2. The van der Waals surface area contributed by atoms with Crippen LogP contribution in [0.15, 0.2) is 54.0 Å². The van der Waals surface area contributed by atoms with Gasteiger partial charge in [-0.05, 0) is 48.9 Å². The number of anilines is 1. The van der Waals surface area contributed by atoms with E-state index in [2.05, 4.69) is 25.0 Å². The Hall–Kier alpha value is -3.40. The minimum absolute atomic E-state index is 0.0548. The highest BCUT2D eigenvalue weighted by molar-refractivity contribution is 5.36. The molecule has 0 aromatic carbocycles. The molecule has 0 aliphatic heterocycles. The molecule has 1 aliphatic carbocycles. The SMILES string of the molecule is O=c1c(CO)c([C@H]2CC[C@H](Nc3ncc(OC(F)F)cn3)C2)ccn1-c1cccnc1. The van der Waals surface area contributed by atoms with Gasteiger partial charge in [0.1, 0.15) is 0 Å². The van der Waals surface area contributed by atoms with Gasteiger partial charge in [-0.1, -0.05) is 0 Å².